The van der Waals surface area contributed by atoms with E-state index >= 15 is 0 Å². The van der Waals surface area contributed by atoms with Crippen molar-refractivity contribution >= 4 is 40.6 Å². The number of benzene rings is 1. The predicted octanol–water partition coefficient (Wildman–Crippen LogP) is 3.10. The molecule has 0 fully saturated rings. The molecule has 2 rings (SSSR count). The second-order valence-electron chi connectivity index (χ2n) is 6.87. The van der Waals surface area contributed by atoms with Gasteiger partial charge in [-0.3, -0.25) is 19.2 Å². The van der Waals surface area contributed by atoms with Gasteiger partial charge in [-0.25, -0.2) is 0 Å². The summed E-state index contributed by atoms with van der Waals surface area (Å²) in [6, 6.07) is 14.3. The zero-order valence-electron chi connectivity index (χ0n) is 17.8. The monoisotopic (exact) mass is 455 g/mol. The first-order valence-electron chi connectivity index (χ1n) is 10.2. The van der Waals surface area contributed by atoms with Gasteiger partial charge in [0.1, 0.15) is 0 Å². The van der Waals surface area contributed by atoms with E-state index < -0.39 is 18.0 Å². The molecule has 1 aromatic heterocycles. The maximum atomic E-state index is 12.8. The Labute approximate surface area is 190 Å². The number of ether oxygens (including phenoxy) is 1. The van der Waals surface area contributed by atoms with Crippen LogP contribution in [0, 0.1) is 11.3 Å². The Morgan fingerprint density at radius 2 is 1.84 bits per heavy atom. The Morgan fingerprint density at radius 1 is 1.09 bits per heavy atom. The molecule has 0 saturated heterocycles. The fraction of sp³-hybridized carbons (Fsp3) is 0.348. The van der Waals surface area contributed by atoms with Crippen LogP contribution in [0.3, 0.4) is 0 Å². The van der Waals surface area contributed by atoms with Gasteiger partial charge in [-0.15, -0.1) is 11.3 Å². The molecule has 0 radical (unpaired) electrons. The van der Waals surface area contributed by atoms with Crippen molar-refractivity contribution in [2.75, 3.05) is 18.0 Å². The number of hydrogen-bond donors (Lipinski definition) is 1. The molecule has 0 aliphatic rings. The van der Waals surface area contributed by atoms with Crippen LogP contribution in [0.25, 0.3) is 0 Å². The van der Waals surface area contributed by atoms with Gasteiger partial charge >= 0.3 is 5.97 Å². The normalized spacial score (nSPS) is 11.1. The lowest BCUT2D eigenvalue weighted by Gasteiger charge is -2.25. The smallest absolute Gasteiger partial charge is 0.308 e. The molecule has 8 nitrogen and oxygen atoms in total. The first-order chi connectivity index (χ1) is 15.4. The lowest BCUT2D eigenvalue weighted by molar-refractivity contribution is -0.153. The number of thiophene rings is 1. The average molecular weight is 456 g/mol. The number of ketones is 1. The highest BCUT2D eigenvalue weighted by Crippen LogP contribution is 2.16. The Kier molecular flexibility index (Phi) is 10.1. The standard InChI is InChI=1S/C23H25N3O5S/c1-17(23(30)26(15-6-13-24)18-7-3-2-4-8-18)31-22(29)12-14-25-21(28)11-10-19(27)20-9-5-16-32-20/h2-5,7-9,16-17H,6,10-12,14-15H2,1H3,(H,25,28). The van der Waals surface area contributed by atoms with Gasteiger partial charge in [-0.1, -0.05) is 24.3 Å². The SMILES string of the molecule is CC(OC(=O)CCNC(=O)CCC(=O)c1cccs1)C(=O)N(CCC#N)c1ccccc1. The molecule has 1 N–H and O–H groups in total. The Hall–Kier alpha value is -3.51. The van der Waals surface area contributed by atoms with Gasteiger partial charge in [0.15, 0.2) is 11.9 Å². The summed E-state index contributed by atoms with van der Waals surface area (Å²) in [4.78, 5) is 50.6. The Morgan fingerprint density at radius 3 is 2.50 bits per heavy atom. The van der Waals surface area contributed by atoms with Crippen molar-refractivity contribution in [2.24, 2.45) is 0 Å². The van der Waals surface area contributed by atoms with E-state index in [1.54, 1.807) is 41.8 Å². The molecule has 9 heteroatoms. The average Bonchev–Trinajstić information content (AvgIpc) is 3.33. The van der Waals surface area contributed by atoms with Gasteiger partial charge in [-0.05, 0) is 30.5 Å². The van der Waals surface area contributed by atoms with Crippen molar-refractivity contribution in [1.29, 1.82) is 5.26 Å². The number of esters is 1. The van der Waals surface area contributed by atoms with E-state index in [9.17, 15) is 19.2 Å². The molecule has 0 saturated carbocycles. The van der Waals surface area contributed by atoms with Crippen molar-refractivity contribution < 1.29 is 23.9 Å². The summed E-state index contributed by atoms with van der Waals surface area (Å²) in [5, 5.41) is 13.2. The summed E-state index contributed by atoms with van der Waals surface area (Å²) < 4.78 is 5.21. The van der Waals surface area contributed by atoms with Crippen LogP contribution in [0.5, 0.6) is 0 Å². The number of anilines is 1. The summed E-state index contributed by atoms with van der Waals surface area (Å²) in [6.45, 7) is 1.70. The fourth-order valence-electron chi connectivity index (χ4n) is 2.84. The molecule has 1 unspecified atom stereocenters. The van der Waals surface area contributed by atoms with Crippen LogP contribution in [0.4, 0.5) is 5.69 Å². The molecule has 0 bridgehead atoms. The molecule has 1 aromatic carbocycles. The number of carbonyl (C=O) groups excluding carboxylic acids is 4. The van der Waals surface area contributed by atoms with Crippen LogP contribution < -0.4 is 10.2 Å². The van der Waals surface area contributed by atoms with Gasteiger partial charge in [0.25, 0.3) is 5.91 Å². The second kappa shape index (κ2) is 13.0. The summed E-state index contributed by atoms with van der Waals surface area (Å²) in [5.74, 6) is -1.50. The fourth-order valence-corrected chi connectivity index (χ4v) is 3.54. The number of carbonyl (C=O) groups is 4. The zero-order chi connectivity index (χ0) is 23.3. The highest BCUT2D eigenvalue weighted by Gasteiger charge is 2.24. The topological polar surface area (TPSA) is 117 Å². The van der Waals surface area contributed by atoms with Crippen molar-refractivity contribution in [1.82, 2.24) is 5.32 Å². The molecule has 2 amide bonds. The minimum Gasteiger partial charge on any atom is -0.452 e. The Bertz CT molecular complexity index is 954. The van der Waals surface area contributed by atoms with E-state index in [4.69, 9.17) is 10.00 Å². The van der Waals surface area contributed by atoms with E-state index in [1.165, 1.54) is 23.2 Å². The highest BCUT2D eigenvalue weighted by atomic mass is 32.1. The van der Waals surface area contributed by atoms with Crippen molar-refractivity contribution in [3.8, 4) is 6.07 Å². The van der Waals surface area contributed by atoms with Gasteiger partial charge in [0, 0.05) is 31.6 Å². The molecule has 1 heterocycles. The lowest BCUT2D eigenvalue weighted by atomic mass is 10.2. The number of amides is 2. The van der Waals surface area contributed by atoms with E-state index in [0.717, 1.165) is 0 Å². The van der Waals surface area contributed by atoms with Gasteiger partial charge in [0.2, 0.25) is 5.91 Å². The summed E-state index contributed by atoms with van der Waals surface area (Å²) in [5.41, 5.74) is 0.611. The van der Waals surface area contributed by atoms with E-state index in [-0.39, 0.29) is 50.5 Å². The summed E-state index contributed by atoms with van der Waals surface area (Å²) in [6.07, 6.45) is -0.874. The number of rotatable bonds is 12. The van der Waals surface area contributed by atoms with Crippen molar-refractivity contribution in [3.05, 3.63) is 52.7 Å². The van der Waals surface area contributed by atoms with Crippen LogP contribution >= 0.6 is 11.3 Å². The van der Waals surface area contributed by atoms with Crippen LogP contribution in [-0.2, 0) is 19.1 Å². The van der Waals surface area contributed by atoms with Crippen LogP contribution in [0.2, 0.25) is 0 Å². The van der Waals surface area contributed by atoms with Crippen molar-refractivity contribution in [2.45, 2.75) is 38.7 Å². The largest absolute Gasteiger partial charge is 0.452 e. The first-order valence-corrected chi connectivity index (χ1v) is 11.1. The maximum absolute atomic E-state index is 12.8. The second-order valence-corrected chi connectivity index (χ2v) is 7.81. The third kappa shape index (κ3) is 7.96. The van der Waals surface area contributed by atoms with E-state index in [0.29, 0.717) is 10.6 Å². The minimum atomic E-state index is -1.04. The van der Waals surface area contributed by atoms with Gasteiger partial charge < -0.3 is 15.0 Å². The van der Waals surface area contributed by atoms with E-state index in [2.05, 4.69) is 5.32 Å². The molecular weight excluding hydrogens is 430 g/mol. The third-order valence-electron chi connectivity index (χ3n) is 4.46. The number of para-hydroxylation sites is 1. The molecule has 32 heavy (non-hydrogen) atoms. The number of nitrogens with one attached hydrogen (secondary N) is 1. The van der Waals surface area contributed by atoms with Crippen LogP contribution in [-0.4, -0.2) is 42.8 Å². The number of hydrogen-bond acceptors (Lipinski definition) is 7. The number of nitriles is 1. The highest BCUT2D eigenvalue weighted by molar-refractivity contribution is 7.12. The molecule has 2 aromatic rings. The lowest BCUT2D eigenvalue weighted by Crippen LogP contribution is -2.41. The van der Waals surface area contributed by atoms with Crippen LogP contribution in [0.1, 0.15) is 42.3 Å². The molecule has 0 aliphatic heterocycles. The van der Waals surface area contributed by atoms with E-state index in [1.807, 2.05) is 12.1 Å². The number of nitrogens with zero attached hydrogens (tertiary/aromatic N) is 2. The van der Waals surface area contributed by atoms with Gasteiger partial charge in [-0.2, -0.15) is 5.26 Å². The Balaban J connectivity index is 1.75. The molecule has 1 atom stereocenters. The van der Waals surface area contributed by atoms with Crippen molar-refractivity contribution in [3.63, 3.8) is 0 Å². The molecule has 0 aliphatic carbocycles. The van der Waals surface area contributed by atoms with Crippen LogP contribution in [0.15, 0.2) is 47.8 Å². The third-order valence-corrected chi connectivity index (χ3v) is 5.37. The number of Topliss-reactive ketones (excluding diaryl/α,β-unsaturated/α-hetero) is 1. The molecular formula is C23H25N3O5S. The quantitative estimate of drug-likeness (QED) is 0.388. The predicted molar refractivity (Wildman–Crippen MR) is 120 cm³/mol. The summed E-state index contributed by atoms with van der Waals surface area (Å²) in [7, 11) is 0. The maximum Gasteiger partial charge on any atom is 0.308 e. The zero-order valence-corrected chi connectivity index (χ0v) is 18.6. The van der Waals surface area contributed by atoms with Gasteiger partial charge in [0.05, 0.1) is 23.8 Å². The molecule has 0 spiro atoms. The minimum absolute atomic E-state index is 0.0333. The summed E-state index contributed by atoms with van der Waals surface area (Å²) >= 11 is 1.33. The molecule has 168 valence electrons. The first kappa shape index (κ1) is 24.8.